The van der Waals surface area contributed by atoms with E-state index in [1.54, 1.807) is 6.07 Å². The van der Waals surface area contributed by atoms with Crippen LogP contribution in [0.3, 0.4) is 0 Å². The third kappa shape index (κ3) is 2.73. The van der Waals surface area contributed by atoms with Crippen LogP contribution in [0, 0.1) is 5.92 Å². The maximum absolute atomic E-state index is 10.5. The van der Waals surface area contributed by atoms with Crippen LogP contribution >= 0.6 is 0 Å². The SMILES string of the molecule is CCCC1CCN(Cc2ccc(C=O)o2)C1. The molecule has 1 saturated heterocycles. The second kappa shape index (κ2) is 5.30. The van der Waals surface area contributed by atoms with Crippen molar-refractivity contribution < 1.29 is 9.21 Å². The van der Waals surface area contributed by atoms with Gasteiger partial charge in [-0.3, -0.25) is 9.69 Å². The molecule has 1 fully saturated rings. The van der Waals surface area contributed by atoms with Gasteiger partial charge in [-0.25, -0.2) is 0 Å². The molecule has 0 amide bonds. The first-order valence-corrected chi connectivity index (χ1v) is 6.08. The second-order valence-corrected chi connectivity index (χ2v) is 4.60. The smallest absolute Gasteiger partial charge is 0.185 e. The van der Waals surface area contributed by atoms with E-state index in [4.69, 9.17) is 4.42 Å². The maximum Gasteiger partial charge on any atom is 0.185 e. The third-order valence-corrected chi connectivity index (χ3v) is 3.24. The number of likely N-dealkylation sites (tertiary alicyclic amines) is 1. The molecule has 1 aliphatic rings. The van der Waals surface area contributed by atoms with E-state index in [1.807, 2.05) is 6.07 Å². The molecule has 2 heterocycles. The fourth-order valence-electron chi connectivity index (χ4n) is 2.46. The number of carbonyl (C=O) groups excluding carboxylic acids is 1. The quantitative estimate of drug-likeness (QED) is 0.717. The lowest BCUT2D eigenvalue weighted by molar-refractivity contribution is 0.109. The molecule has 1 aromatic rings. The first-order chi connectivity index (χ1) is 7.81. The van der Waals surface area contributed by atoms with E-state index in [1.165, 1.54) is 25.8 Å². The van der Waals surface area contributed by atoms with Gasteiger partial charge in [0.25, 0.3) is 0 Å². The van der Waals surface area contributed by atoms with Crippen molar-refractivity contribution in [1.82, 2.24) is 4.90 Å². The summed E-state index contributed by atoms with van der Waals surface area (Å²) in [5.74, 6) is 2.18. The van der Waals surface area contributed by atoms with E-state index < -0.39 is 0 Å². The molecule has 0 bridgehead atoms. The Kier molecular flexibility index (Phi) is 3.78. The molecular weight excluding hydrogens is 202 g/mol. The number of carbonyl (C=O) groups is 1. The molecule has 1 unspecified atom stereocenters. The summed E-state index contributed by atoms with van der Waals surface area (Å²) in [6, 6.07) is 3.64. The number of nitrogens with zero attached hydrogens (tertiary/aromatic N) is 1. The van der Waals surface area contributed by atoms with Gasteiger partial charge in [-0.1, -0.05) is 13.3 Å². The first kappa shape index (κ1) is 11.4. The van der Waals surface area contributed by atoms with Crippen molar-refractivity contribution in [1.29, 1.82) is 0 Å². The Balaban J connectivity index is 1.84. The zero-order chi connectivity index (χ0) is 11.4. The predicted octanol–water partition coefficient (Wildman–Crippen LogP) is 2.71. The normalized spacial score (nSPS) is 21.4. The minimum Gasteiger partial charge on any atom is -0.457 e. The summed E-state index contributed by atoms with van der Waals surface area (Å²) in [6.45, 7) is 5.41. The highest BCUT2D eigenvalue weighted by atomic mass is 16.3. The highest BCUT2D eigenvalue weighted by Crippen LogP contribution is 2.22. The molecule has 3 nitrogen and oxygen atoms in total. The third-order valence-electron chi connectivity index (χ3n) is 3.24. The van der Waals surface area contributed by atoms with Gasteiger partial charge >= 0.3 is 0 Å². The molecule has 16 heavy (non-hydrogen) atoms. The van der Waals surface area contributed by atoms with Gasteiger partial charge in [-0.15, -0.1) is 0 Å². The molecule has 3 heteroatoms. The van der Waals surface area contributed by atoms with Gasteiger partial charge < -0.3 is 4.42 Å². The van der Waals surface area contributed by atoms with Crippen LogP contribution < -0.4 is 0 Å². The first-order valence-electron chi connectivity index (χ1n) is 6.08. The summed E-state index contributed by atoms with van der Waals surface area (Å²) < 4.78 is 5.38. The van der Waals surface area contributed by atoms with Crippen LogP contribution in [-0.2, 0) is 6.54 Å². The minimum atomic E-state index is 0.430. The van der Waals surface area contributed by atoms with E-state index in [2.05, 4.69) is 11.8 Å². The van der Waals surface area contributed by atoms with Crippen molar-refractivity contribution in [3.8, 4) is 0 Å². The van der Waals surface area contributed by atoms with Crippen LogP contribution in [0.4, 0.5) is 0 Å². The molecule has 1 aliphatic heterocycles. The molecule has 0 spiro atoms. The lowest BCUT2D eigenvalue weighted by Crippen LogP contribution is -2.19. The number of hydrogen-bond donors (Lipinski definition) is 0. The summed E-state index contributed by atoms with van der Waals surface area (Å²) in [5, 5.41) is 0. The Labute approximate surface area is 96.4 Å². The van der Waals surface area contributed by atoms with Crippen LogP contribution in [0.15, 0.2) is 16.5 Å². The van der Waals surface area contributed by atoms with Gasteiger partial charge in [0.15, 0.2) is 12.0 Å². The van der Waals surface area contributed by atoms with Crippen molar-refractivity contribution in [2.45, 2.75) is 32.7 Å². The summed E-state index contributed by atoms with van der Waals surface area (Å²) in [4.78, 5) is 12.9. The van der Waals surface area contributed by atoms with Crippen molar-refractivity contribution in [2.24, 2.45) is 5.92 Å². The molecule has 88 valence electrons. The van der Waals surface area contributed by atoms with Crippen LogP contribution in [0.5, 0.6) is 0 Å². The predicted molar refractivity (Wildman–Crippen MR) is 62.4 cm³/mol. The molecule has 0 N–H and O–H groups in total. The fourth-order valence-corrected chi connectivity index (χ4v) is 2.46. The minimum absolute atomic E-state index is 0.430. The Morgan fingerprint density at radius 3 is 3.12 bits per heavy atom. The molecule has 0 aromatic carbocycles. The van der Waals surface area contributed by atoms with Gasteiger partial charge in [0.2, 0.25) is 0 Å². The van der Waals surface area contributed by atoms with E-state index in [9.17, 15) is 4.79 Å². The average molecular weight is 221 g/mol. The summed E-state index contributed by atoms with van der Waals surface area (Å²) in [6.07, 6.45) is 4.66. The van der Waals surface area contributed by atoms with Gasteiger partial charge in [-0.05, 0) is 37.4 Å². The standard InChI is InChI=1S/C13H19NO2/c1-2-3-11-6-7-14(8-11)9-12-4-5-13(10-15)16-12/h4-5,10-11H,2-3,6-9H2,1H3. The highest BCUT2D eigenvalue weighted by molar-refractivity contribution is 5.70. The Morgan fingerprint density at radius 1 is 1.56 bits per heavy atom. The molecule has 0 radical (unpaired) electrons. The second-order valence-electron chi connectivity index (χ2n) is 4.60. The van der Waals surface area contributed by atoms with Crippen LogP contribution in [0.25, 0.3) is 0 Å². The Hall–Kier alpha value is -1.09. The maximum atomic E-state index is 10.5. The molecule has 0 saturated carbocycles. The zero-order valence-corrected chi connectivity index (χ0v) is 9.82. The van der Waals surface area contributed by atoms with Crippen LogP contribution in [0.1, 0.15) is 42.5 Å². The van der Waals surface area contributed by atoms with E-state index in [-0.39, 0.29) is 0 Å². The van der Waals surface area contributed by atoms with Crippen molar-refractivity contribution in [2.75, 3.05) is 13.1 Å². The topological polar surface area (TPSA) is 33.5 Å². The lowest BCUT2D eigenvalue weighted by atomic mass is 10.0. The van der Waals surface area contributed by atoms with E-state index in [0.717, 1.165) is 31.1 Å². The lowest BCUT2D eigenvalue weighted by Gasteiger charge is -2.13. The van der Waals surface area contributed by atoms with Gasteiger partial charge in [-0.2, -0.15) is 0 Å². The molecule has 2 rings (SSSR count). The zero-order valence-electron chi connectivity index (χ0n) is 9.82. The van der Waals surface area contributed by atoms with Crippen molar-refractivity contribution in [3.05, 3.63) is 23.7 Å². The van der Waals surface area contributed by atoms with Gasteiger partial charge in [0, 0.05) is 6.54 Å². The average Bonchev–Trinajstić information content (AvgIpc) is 2.89. The summed E-state index contributed by atoms with van der Waals surface area (Å²) in [5.41, 5.74) is 0. The van der Waals surface area contributed by atoms with Crippen molar-refractivity contribution in [3.63, 3.8) is 0 Å². The summed E-state index contributed by atoms with van der Waals surface area (Å²) >= 11 is 0. The van der Waals surface area contributed by atoms with E-state index >= 15 is 0 Å². The number of furan rings is 1. The van der Waals surface area contributed by atoms with Gasteiger partial charge in [0.1, 0.15) is 5.76 Å². The fraction of sp³-hybridized carbons (Fsp3) is 0.615. The molecule has 0 aliphatic carbocycles. The monoisotopic (exact) mass is 221 g/mol. The van der Waals surface area contributed by atoms with Crippen LogP contribution in [-0.4, -0.2) is 24.3 Å². The van der Waals surface area contributed by atoms with Gasteiger partial charge in [0.05, 0.1) is 6.54 Å². The number of rotatable bonds is 5. The number of aldehydes is 1. The Bertz CT molecular complexity index is 345. The molecule has 1 aromatic heterocycles. The Morgan fingerprint density at radius 2 is 2.44 bits per heavy atom. The van der Waals surface area contributed by atoms with Crippen molar-refractivity contribution >= 4 is 6.29 Å². The molecule has 1 atom stereocenters. The van der Waals surface area contributed by atoms with E-state index in [0.29, 0.717) is 5.76 Å². The molecular formula is C13H19NO2. The largest absolute Gasteiger partial charge is 0.457 e. The van der Waals surface area contributed by atoms with Crippen LogP contribution in [0.2, 0.25) is 0 Å². The summed E-state index contributed by atoms with van der Waals surface area (Å²) in [7, 11) is 0. The number of hydrogen-bond acceptors (Lipinski definition) is 3. The highest BCUT2D eigenvalue weighted by Gasteiger charge is 2.22.